The Morgan fingerprint density at radius 3 is 2.07 bits per heavy atom. The zero-order chi connectivity index (χ0) is 19.3. The Bertz CT molecular complexity index is 1030. The summed E-state index contributed by atoms with van der Waals surface area (Å²) in [5.41, 5.74) is 5.17. The molecule has 1 heterocycles. The van der Waals surface area contributed by atoms with Crippen molar-refractivity contribution in [3.63, 3.8) is 0 Å². The molecule has 0 N–H and O–H groups in total. The molecule has 0 radical (unpaired) electrons. The molecule has 3 aromatic carbocycles. The number of furan rings is 1. The van der Waals surface area contributed by atoms with Gasteiger partial charge in [0.1, 0.15) is 5.58 Å². The van der Waals surface area contributed by atoms with E-state index >= 15 is 0 Å². The van der Waals surface area contributed by atoms with E-state index in [1.54, 1.807) is 6.26 Å². The van der Waals surface area contributed by atoms with Crippen molar-refractivity contribution in [2.75, 3.05) is 0 Å². The van der Waals surface area contributed by atoms with Crippen LogP contribution in [0.15, 0.2) is 89.5 Å². The second-order valence-electron chi connectivity index (χ2n) is 7.16. The van der Waals surface area contributed by atoms with Gasteiger partial charge in [-0.1, -0.05) is 72.3 Å². The Morgan fingerprint density at radius 1 is 0.857 bits per heavy atom. The molecule has 4 aromatic rings. The third-order valence-corrected chi connectivity index (χ3v) is 4.94. The Balaban J connectivity index is 1.59. The predicted molar refractivity (Wildman–Crippen MR) is 112 cm³/mol. The van der Waals surface area contributed by atoms with E-state index in [4.69, 9.17) is 4.42 Å². The summed E-state index contributed by atoms with van der Waals surface area (Å²) in [7, 11) is 0. The molecule has 0 saturated heterocycles. The highest BCUT2D eigenvalue weighted by Crippen LogP contribution is 2.24. The van der Waals surface area contributed by atoms with Gasteiger partial charge in [0, 0.05) is 24.0 Å². The second kappa shape index (κ2) is 8.13. The molecular weight excluding hydrogens is 346 g/mol. The minimum Gasteiger partial charge on any atom is -0.464 e. The van der Waals surface area contributed by atoms with Crippen molar-refractivity contribution >= 4 is 16.9 Å². The molecule has 4 rings (SSSR count). The van der Waals surface area contributed by atoms with Gasteiger partial charge < -0.3 is 9.32 Å². The molecule has 0 unspecified atom stereocenters. The van der Waals surface area contributed by atoms with Crippen LogP contribution in [0.5, 0.6) is 0 Å². The van der Waals surface area contributed by atoms with Crippen molar-refractivity contribution in [3.05, 3.63) is 107 Å². The zero-order valence-corrected chi connectivity index (χ0v) is 16.0. The highest BCUT2D eigenvalue weighted by Gasteiger charge is 2.18. The van der Waals surface area contributed by atoms with Crippen LogP contribution in [0.2, 0.25) is 0 Å². The van der Waals surface area contributed by atoms with Crippen molar-refractivity contribution in [2.24, 2.45) is 0 Å². The molecule has 0 aliphatic heterocycles. The van der Waals surface area contributed by atoms with Gasteiger partial charge in [0.25, 0.3) is 0 Å². The van der Waals surface area contributed by atoms with E-state index in [9.17, 15) is 4.79 Å². The predicted octanol–water partition coefficient (Wildman–Crippen LogP) is 5.51. The number of carbonyl (C=O) groups excluding carboxylic acids is 1. The smallest absolute Gasteiger partial charge is 0.227 e. The average Bonchev–Trinajstić information content (AvgIpc) is 3.11. The lowest BCUT2D eigenvalue weighted by Crippen LogP contribution is -2.31. The number of benzene rings is 3. The molecule has 3 heteroatoms. The van der Waals surface area contributed by atoms with Crippen molar-refractivity contribution < 1.29 is 9.21 Å². The van der Waals surface area contributed by atoms with Crippen molar-refractivity contribution in [2.45, 2.75) is 26.4 Å². The van der Waals surface area contributed by atoms with Crippen LogP contribution in [-0.2, 0) is 24.3 Å². The molecule has 1 aromatic heterocycles. The number of nitrogens with zero attached hydrogens (tertiary/aromatic N) is 1. The molecule has 1 amide bonds. The summed E-state index contributed by atoms with van der Waals surface area (Å²) in [5, 5.41) is 1.02. The molecule has 0 aliphatic carbocycles. The van der Waals surface area contributed by atoms with Gasteiger partial charge in [-0.25, -0.2) is 0 Å². The van der Waals surface area contributed by atoms with Crippen LogP contribution in [0.25, 0.3) is 11.0 Å². The third kappa shape index (κ3) is 4.15. The van der Waals surface area contributed by atoms with Crippen LogP contribution in [0, 0.1) is 6.92 Å². The second-order valence-corrected chi connectivity index (χ2v) is 7.16. The Morgan fingerprint density at radius 2 is 1.46 bits per heavy atom. The minimum atomic E-state index is 0.0944. The molecule has 0 aliphatic rings. The van der Waals surface area contributed by atoms with Crippen molar-refractivity contribution in [1.82, 2.24) is 4.90 Å². The maximum atomic E-state index is 13.2. The standard InChI is InChI=1S/C25H23NO2/c1-19-12-13-24-23(14-19)22(18-28-24)15-25(27)26(16-20-8-4-2-5-9-20)17-21-10-6-3-7-11-21/h2-14,18H,15-17H2,1H3. The largest absolute Gasteiger partial charge is 0.464 e. The molecule has 28 heavy (non-hydrogen) atoms. The van der Waals surface area contributed by atoms with Crippen LogP contribution in [0.3, 0.4) is 0 Å². The normalized spacial score (nSPS) is 10.9. The average molecular weight is 369 g/mol. The lowest BCUT2D eigenvalue weighted by molar-refractivity contribution is -0.131. The summed E-state index contributed by atoms with van der Waals surface area (Å²) < 4.78 is 5.65. The number of aryl methyl sites for hydroxylation is 1. The first kappa shape index (κ1) is 18.1. The molecule has 0 bridgehead atoms. The summed E-state index contributed by atoms with van der Waals surface area (Å²) in [5.74, 6) is 0.0944. The number of hydrogen-bond acceptors (Lipinski definition) is 2. The molecule has 0 fully saturated rings. The van der Waals surface area contributed by atoms with E-state index in [2.05, 4.69) is 37.3 Å². The molecule has 3 nitrogen and oxygen atoms in total. The lowest BCUT2D eigenvalue weighted by Gasteiger charge is -2.23. The minimum absolute atomic E-state index is 0.0944. The lowest BCUT2D eigenvalue weighted by atomic mass is 10.1. The monoisotopic (exact) mass is 369 g/mol. The van der Waals surface area contributed by atoms with Gasteiger partial charge in [-0.2, -0.15) is 0 Å². The van der Waals surface area contributed by atoms with E-state index in [0.29, 0.717) is 19.5 Å². The molecule has 0 atom stereocenters. The molecule has 140 valence electrons. The van der Waals surface area contributed by atoms with Gasteiger partial charge in [-0.3, -0.25) is 4.79 Å². The van der Waals surface area contributed by atoms with Crippen molar-refractivity contribution in [3.8, 4) is 0 Å². The summed E-state index contributed by atoms with van der Waals surface area (Å²) >= 11 is 0. The highest BCUT2D eigenvalue weighted by atomic mass is 16.3. The van der Waals surface area contributed by atoms with Crippen LogP contribution in [-0.4, -0.2) is 10.8 Å². The summed E-state index contributed by atoms with van der Waals surface area (Å²) in [4.78, 5) is 15.1. The van der Waals surface area contributed by atoms with Gasteiger partial charge in [-0.15, -0.1) is 0 Å². The van der Waals surface area contributed by atoms with E-state index in [1.807, 2.05) is 53.4 Å². The number of carbonyl (C=O) groups is 1. The first-order valence-electron chi connectivity index (χ1n) is 9.51. The fraction of sp³-hybridized carbons (Fsp3) is 0.160. The first-order valence-corrected chi connectivity index (χ1v) is 9.51. The molecule has 0 saturated carbocycles. The van der Waals surface area contributed by atoms with Gasteiger partial charge in [0.05, 0.1) is 12.7 Å². The van der Waals surface area contributed by atoms with Gasteiger partial charge in [-0.05, 0) is 30.2 Å². The molecular formula is C25H23NO2. The van der Waals surface area contributed by atoms with E-state index < -0.39 is 0 Å². The first-order chi connectivity index (χ1) is 13.7. The quantitative estimate of drug-likeness (QED) is 0.449. The van der Waals surface area contributed by atoms with Crippen LogP contribution >= 0.6 is 0 Å². The fourth-order valence-electron chi connectivity index (χ4n) is 3.45. The van der Waals surface area contributed by atoms with E-state index in [0.717, 1.165) is 33.2 Å². The maximum absolute atomic E-state index is 13.2. The Kier molecular flexibility index (Phi) is 5.24. The van der Waals surface area contributed by atoms with E-state index in [1.165, 1.54) is 0 Å². The summed E-state index contributed by atoms with van der Waals surface area (Å²) in [6, 6.07) is 26.3. The SMILES string of the molecule is Cc1ccc2occ(CC(=O)N(Cc3ccccc3)Cc3ccccc3)c2c1. The Labute approximate surface area is 165 Å². The highest BCUT2D eigenvalue weighted by molar-refractivity contribution is 5.88. The van der Waals surface area contributed by atoms with Crippen LogP contribution in [0.1, 0.15) is 22.3 Å². The van der Waals surface area contributed by atoms with Crippen LogP contribution < -0.4 is 0 Å². The number of hydrogen-bond donors (Lipinski definition) is 0. The van der Waals surface area contributed by atoms with Gasteiger partial charge in [0.2, 0.25) is 5.91 Å². The van der Waals surface area contributed by atoms with E-state index in [-0.39, 0.29) is 5.91 Å². The maximum Gasteiger partial charge on any atom is 0.227 e. The fourth-order valence-corrected chi connectivity index (χ4v) is 3.45. The zero-order valence-electron chi connectivity index (χ0n) is 16.0. The number of amides is 1. The molecule has 0 spiro atoms. The van der Waals surface area contributed by atoms with Crippen molar-refractivity contribution in [1.29, 1.82) is 0 Å². The summed E-state index contributed by atoms with van der Waals surface area (Å²) in [6.07, 6.45) is 2.04. The number of fused-ring (bicyclic) bond motifs is 1. The number of rotatable bonds is 6. The Hall–Kier alpha value is -3.33. The van der Waals surface area contributed by atoms with Crippen LogP contribution in [0.4, 0.5) is 0 Å². The third-order valence-electron chi connectivity index (χ3n) is 4.94. The van der Waals surface area contributed by atoms with Gasteiger partial charge in [0.15, 0.2) is 0 Å². The summed E-state index contributed by atoms with van der Waals surface area (Å²) in [6.45, 7) is 3.22. The topological polar surface area (TPSA) is 33.5 Å². The van der Waals surface area contributed by atoms with Gasteiger partial charge >= 0.3 is 0 Å².